The topological polar surface area (TPSA) is 6.48 Å². The lowest BCUT2D eigenvalue weighted by molar-refractivity contribution is 0.586. The summed E-state index contributed by atoms with van der Waals surface area (Å²) in [5, 5.41) is 0.813. The van der Waals surface area contributed by atoms with Crippen molar-refractivity contribution in [3.63, 3.8) is 0 Å². The van der Waals surface area contributed by atoms with Gasteiger partial charge in [-0.05, 0) is 55.3 Å². The molecule has 0 amide bonds. The standard InChI is InChI=1S/C16H21ClN2S/c1-2-13-11-16(20-19-9-5-6-10-19)15(12-14(13)17)18-7-3-4-8-18/h2,11-12H,1,3-10H2. The largest absolute Gasteiger partial charge is 0.371 e. The van der Waals surface area contributed by atoms with E-state index in [2.05, 4.69) is 27.9 Å². The second-order valence-corrected chi connectivity index (χ2v) is 7.01. The Morgan fingerprint density at radius 2 is 1.70 bits per heavy atom. The average Bonchev–Trinajstić information content (AvgIpc) is 3.13. The van der Waals surface area contributed by atoms with Crippen LogP contribution in [0.5, 0.6) is 0 Å². The van der Waals surface area contributed by atoms with Gasteiger partial charge in [0, 0.05) is 36.1 Å². The maximum Gasteiger partial charge on any atom is 0.0533 e. The lowest BCUT2D eigenvalue weighted by atomic mass is 10.2. The molecular formula is C16H21ClN2S. The van der Waals surface area contributed by atoms with Crippen LogP contribution in [0.1, 0.15) is 31.2 Å². The van der Waals surface area contributed by atoms with Crippen LogP contribution in [0.3, 0.4) is 0 Å². The second kappa shape index (κ2) is 6.42. The number of rotatable bonds is 4. The number of nitrogens with zero attached hydrogens (tertiary/aromatic N) is 2. The summed E-state index contributed by atoms with van der Waals surface area (Å²) in [5.74, 6) is 0. The van der Waals surface area contributed by atoms with Crippen LogP contribution >= 0.6 is 23.5 Å². The van der Waals surface area contributed by atoms with E-state index in [0.29, 0.717) is 0 Å². The molecule has 0 atom stereocenters. The van der Waals surface area contributed by atoms with Crippen molar-refractivity contribution in [1.82, 2.24) is 4.31 Å². The summed E-state index contributed by atoms with van der Waals surface area (Å²) in [6, 6.07) is 4.33. The number of halogens is 1. The van der Waals surface area contributed by atoms with Gasteiger partial charge in [0.1, 0.15) is 0 Å². The summed E-state index contributed by atoms with van der Waals surface area (Å²) in [5.41, 5.74) is 2.34. The number of benzene rings is 1. The van der Waals surface area contributed by atoms with Gasteiger partial charge in [0.25, 0.3) is 0 Å². The van der Waals surface area contributed by atoms with E-state index >= 15 is 0 Å². The summed E-state index contributed by atoms with van der Waals surface area (Å²) in [6.07, 6.45) is 7.05. The first-order valence-corrected chi connectivity index (χ1v) is 8.57. The van der Waals surface area contributed by atoms with Gasteiger partial charge >= 0.3 is 0 Å². The molecule has 0 bridgehead atoms. The van der Waals surface area contributed by atoms with E-state index in [-0.39, 0.29) is 0 Å². The van der Waals surface area contributed by atoms with E-state index in [4.69, 9.17) is 11.6 Å². The van der Waals surface area contributed by atoms with E-state index in [9.17, 15) is 0 Å². The van der Waals surface area contributed by atoms with E-state index in [0.717, 1.165) is 23.7 Å². The lowest BCUT2D eigenvalue weighted by Crippen LogP contribution is -2.19. The fourth-order valence-corrected chi connectivity index (χ4v) is 4.33. The van der Waals surface area contributed by atoms with Crippen molar-refractivity contribution < 1.29 is 0 Å². The van der Waals surface area contributed by atoms with Crippen LogP contribution in [-0.4, -0.2) is 30.5 Å². The van der Waals surface area contributed by atoms with Crippen molar-refractivity contribution in [2.24, 2.45) is 0 Å². The van der Waals surface area contributed by atoms with Gasteiger partial charge in [0.2, 0.25) is 0 Å². The minimum atomic E-state index is 0.813. The van der Waals surface area contributed by atoms with Crippen LogP contribution in [0.2, 0.25) is 5.02 Å². The Kier molecular flexibility index (Phi) is 4.59. The van der Waals surface area contributed by atoms with Crippen molar-refractivity contribution in [3.8, 4) is 0 Å². The number of hydrogen-bond acceptors (Lipinski definition) is 3. The van der Waals surface area contributed by atoms with Crippen molar-refractivity contribution in [3.05, 3.63) is 29.3 Å². The Hall–Kier alpha value is -0.640. The third-order valence-electron chi connectivity index (χ3n) is 4.04. The molecule has 2 aliphatic rings. The highest BCUT2D eigenvalue weighted by Crippen LogP contribution is 2.39. The lowest BCUT2D eigenvalue weighted by Gasteiger charge is -2.24. The molecule has 0 spiro atoms. The SMILES string of the molecule is C=Cc1cc(SN2CCCC2)c(N2CCCC2)cc1Cl. The van der Waals surface area contributed by atoms with Crippen LogP contribution in [0.25, 0.3) is 6.08 Å². The zero-order chi connectivity index (χ0) is 13.9. The van der Waals surface area contributed by atoms with Crippen molar-refractivity contribution in [2.45, 2.75) is 30.6 Å². The van der Waals surface area contributed by atoms with E-state index in [1.165, 1.54) is 49.4 Å². The Morgan fingerprint density at radius 3 is 2.35 bits per heavy atom. The molecule has 20 heavy (non-hydrogen) atoms. The highest BCUT2D eigenvalue weighted by molar-refractivity contribution is 7.97. The molecule has 0 N–H and O–H groups in total. The Morgan fingerprint density at radius 1 is 1.05 bits per heavy atom. The molecular weight excluding hydrogens is 288 g/mol. The molecule has 108 valence electrons. The first kappa shape index (κ1) is 14.3. The minimum Gasteiger partial charge on any atom is -0.371 e. The maximum absolute atomic E-state index is 6.38. The molecule has 0 unspecified atom stereocenters. The molecule has 4 heteroatoms. The Bertz CT molecular complexity index is 491. The molecule has 2 saturated heterocycles. The molecule has 2 nitrogen and oxygen atoms in total. The molecule has 2 aliphatic heterocycles. The molecule has 0 radical (unpaired) electrons. The van der Waals surface area contributed by atoms with Gasteiger partial charge in [-0.25, -0.2) is 4.31 Å². The molecule has 0 saturated carbocycles. The monoisotopic (exact) mass is 308 g/mol. The quantitative estimate of drug-likeness (QED) is 0.745. The molecule has 2 heterocycles. The number of hydrogen-bond donors (Lipinski definition) is 0. The van der Waals surface area contributed by atoms with Gasteiger partial charge in [-0.1, -0.05) is 24.3 Å². The fraction of sp³-hybridized carbons (Fsp3) is 0.500. The van der Waals surface area contributed by atoms with Gasteiger partial charge in [0.05, 0.1) is 5.69 Å². The summed E-state index contributed by atoms with van der Waals surface area (Å²) in [6.45, 7) is 8.55. The third-order valence-corrected chi connectivity index (χ3v) is 5.51. The van der Waals surface area contributed by atoms with E-state index in [1.54, 1.807) is 0 Å². The first-order chi connectivity index (χ1) is 9.78. The normalized spacial score (nSPS) is 19.8. The van der Waals surface area contributed by atoms with Crippen molar-refractivity contribution >= 4 is 35.3 Å². The van der Waals surface area contributed by atoms with Crippen molar-refractivity contribution in [2.75, 3.05) is 31.1 Å². The van der Waals surface area contributed by atoms with Gasteiger partial charge in [-0.15, -0.1) is 0 Å². The van der Waals surface area contributed by atoms with E-state index in [1.807, 2.05) is 18.0 Å². The summed E-state index contributed by atoms with van der Waals surface area (Å²) >= 11 is 8.26. The average molecular weight is 309 g/mol. The Balaban J connectivity index is 1.92. The predicted molar refractivity (Wildman–Crippen MR) is 89.7 cm³/mol. The summed E-state index contributed by atoms with van der Waals surface area (Å²) in [4.78, 5) is 3.80. The molecule has 3 rings (SSSR count). The minimum absolute atomic E-state index is 0.813. The molecule has 0 aliphatic carbocycles. The zero-order valence-electron chi connectivity index (χ0n) is 11.8. The van der Waals surface area contributed by atoms with Crippen LogP contribution in [0, 0.1) is 0 Å². The highest BCUT2D eigenvalue weighted by Gasteiger charge is 2.21. The first-order valence-electron chi connectivity index (χ1n) is 7.42. The highest BCUT2D eigenvalue weighted by atomic mass is 35.5. The molecule has 2 fully saturated rings. The van der Waals surface area contributed by atoms with Crippen LogP contribution < -0.4 is 4.90 Å². The third kappa shape index (κ3) is 3.00. The smallest absolute Gasteiger partial charge is 0.0533 e. The molecule has 1 aromatic rings. The van der Waals surface area contributed by atoms with Crippen LogP contribution in [0.4, 0.5) is 5.69 Å². The second-order valence-electron chi connectivity index (χ2n) is 5.47. The fourth-order valence-electron chi connectivity index (χ4n) is 2.91. The van der Waals surface area contributed by atoms with Crippen LogP contribution in [0.15, 0.2) is 23.6 Å². The van der Waals surface area contributed by atoms with E-state index < -0.39 is 0 Å². The zero-order valence-corrected chi connectivity index (χ0v) is 13.3. The number of anilines is 1. The van der Waals surface area contributed by atoms with Crippen LogP contribution in [-0.2, 0) is 0 Å². The van der Waals surface area contributed by atoms with Gasteiger partial charge < -0.3 is 4.90 Å². The van der Waals surface area contributed by atoms with Gasteiger partial charge in [-0.3, -0.25) is 0 Å². The molecule has 0 aromatic heterocycles. The predicted octanol–water partition coefficient (Wildman–Crippen LogP) is 4.69. The van der Waals surface area contributed by atoms with Crippen molar-refractivity contribution in [1.29, 1.82) is 0 Å². The van der Waals surface area contributed by atoms with Gasteiger partial charge in [0.15, 0.2) is 0 Å². The Labute approximate surface area is 130 Å². The summed E-state index contributed by atoms with van der Waals surface area (Å²) in [7, 11) is 0. The van der Waals surface area contributed by atoms with Gasteiger partial charge in [-0.2, -0.15) is 0 Å². The summed E-state index contributed by atoms with van der Waals surface area (Å²) < 4.78 is 2.47. The maximum atomic E-state index is 6.38. The molecule has 1 aromatic carbocycles.